The first kappa shape index (κ1) is 16.6. The summed E-state index contributed by atoms with van der Waals surface area (Å²) in [4.78, 5) is 15.7. The zero-order valence-electron chi connectivity index (χ0n) is 11.8. The number of carbonyl (C=O) groups is 1. The molecule has 0 aliphatic heterocycles. The van der Waals surface area contributed by atoms with Gasteiger partial charge in [-0.1, -0.05) is 0 Å². The highest BCUT2D eigenvalue weighted by atomic mass is 79.9. The lowest BCUT2D eigenvalue weighted by molar-refractivity contribution is -0.119. The van der Waals surface area contributed by atoms with E-state index in [1.54, 1.807) is 30.7 Å². The van der Waals surface area contributed by atoms with Crippen LogP contribution in [0.25, 0.3) is 0 Å². The van der Waals surface area contributed by atoms with Gasteiger partial charge in [0.1, 0.15) is 0 Å². The molecule has 0 spiro atoms. The first-order valence-electron chi connectivity index (χ1n) is 6.47. The van der Waals surface area contributed by atoms with E-state index < -0.39 is 0 Å². The largest absolute Gasteiger partial charge is 0.374 e. The molecule has 114 valence electrons. The monoisotopic (exact) mass is 424 g/mol. The van der Waals surface area contributed by atoms with Crippen molar-refractivity contribution in [3.63, 3.8) is 0 Å². The lowest BCUT2D eigenvalue weighted by Gasteiger charge is -2.11. The minimum atomic E-state index is -0.232. The van der Waals surface area contributed by atoms with E-state index >= 15 is 0 Å². The van der Waals surface area contributed by atoms with Crippen LogP contribution in [-0.4, -0.2) is 23.7 Å². The summed E-state index contributed by atoms with van der Waals surface area (Å²) in [5, 5.41) is 6.96. The predicted octanol–water partition coefficient (Wildman–Crippen LogP) is 3.48. The number of halogens is 2. The van der Waals surface area contributed by atoms with Gasteiger partial charge in [-0.2, -0.15) is 5.10 Å². The molecule has 0 saturated heterocycles. The molecule has 0 unspecified atom stereocenters. The van der Waals surface area contributed by atoms with Crippen molar-refractivity contribution in [1.82, 2.24) is 10.4 Å². The van der Waals surface area contributed by atoms with E-state index in [2.05, 4.69) is 52.7 Å². The standard InChI is InChI=1S/C15H14Br2N4O/c1-10-6-12(16)15(13(17)7-10)19-9-14(22)21-20-8-11-2-4-18-5-3-11/h2-8,19H,9H2,1H3,(H,21,22). The van der Waals surface area contributed by atoms with Crippen LogP contribution in [0.1, 0.15) is 11.1 Å². The topological polar surface area (TPSA) is 66.4 Å². The van der Waals surface area contributed by atoms with Crippen LogP contribution in [0.4, 0.5) is 5.69 Å². The zero-order valence-corrected chi connectivity index (χ0v) is 15.0. The Morgan fingerprint density at radius 3 is 2.55 bits per heavy atom. The van der Waals surface area contributed by atoms with Gasteiger partial charge < -0.3 is 5.32 Å². The van der Waals surface area contributed by atoms with Crippen LogP contribution < -0.4 is 10.7 Å². The molecule has 2 N–H and O–H groups in total. The molecule has 1 heterocycles. The Labute approximate surface area is 145 Å². The van der Waals surface area contributed by atoms with Crippen LogP contribution in [0.5, 0.6) is 0 Å². The highest BCUT2D eigenvalue weighted by Crippen LogP contribution is 2.31. The van der Waals surface area contributed by atoms with Crippen LogP contribution in [-0.2, 0) is 4.79 Å². The molecule has 0 bridgehead atoms. The van der Waals surface area contributed by atoms with Gasteiger partial charge in [-0.15, -0.1) is 0 Å². The molecule has 1 aromatic carbocycles. The molecule has 0 aliphatic rings. The molecule has 0 radical (unpaired) electrons. The van der Waals surface area contributed by atoms with Crippen LogP contribution in [0.3, 0.4) is 0 Å². The Morgan fingerprint density at radius 1 is 1.27 bits per heavy atom. The second-order valence-corrected chi connectivity index (χ2v) is 6.24. The van der Waals surface area contributed by atoms with Gasteiger partial charge in [0.25, 0.3) is 5.91 Å². The van der Waals surface area contributed by atoms with Crippen LogP contribution in [0.15, 0.2) is 50.7 Å². The van der Waals surface area contributed by atoms with Gasteiger partial charge in [0, 0.05) is 21.3 Å². The van der Waals surface area contributed by atoms with E-state index in [4.69, 9.17) is 0 Å². The van der Waals surface area contributed by atoms with Crippen molar-refractivity contribution in [3.05, 3.63) is 56.7 Å². The molecule has 1 aromatic heterocycles. The average Bonchev–Trinajstić information content (AvgIpc) is 2.47. The fourth-order valence-electron chi connectivity index (χ4n) is 1.71. The first-order valence-corrected chi connectivity index (χ1v) is 8.06. The average molecular weight is 426 g/mol. The number of aryl methyl sites for hydroxylation is 1. The molecule has 0 saturated carbocycles. The third-order valence-corrected chi connectivity index (χ3v) is 3.97. The van der Waals surface area contributed by atoms with Gasteiger partial charge in [0.2, 0.25) is 0 Å². The van der Waals surface area contributed by atoms with E-state index in [0.29, 0.717) is 0 Å². The number of pyridine rings is 1. The summed E-state index contributed by atoms with van der Waals surface area (Å²) in [6.45, 7) is 2.12. The van der Waals surface area contributed by atoms with Crippen LogP contribution >= 0.6 is 31.9 Å². The van der Waals surface area contributed by atoms with Crippen molar-refractivity contribution >= 4 is 49.7 Å². The summed E-state index contributed by atoms with van der Waals surface area (Å²) < 4.78 is 1.79. The minimum absolute atomic E-state index is 0.119. The third-order valence-electron chi connectivity index (χ3n) is 2.72. The van der Waals surface area contributed by atoms with Crippen molar-refractivity contribution in [3.8, 4) is 0 Å². The van der Waals surface area contributed by atoms with Crippen molar-refractivity contribution in [2.24, 2.45) is 5.10 Å². The van der Waals surface area contributed by atoms with Crippen molar-refractivity contribution < 1.29 is 4.79 Å². The molecule has 1 amide bonds. The highest BCUT2D eigenvalue weighted by Gasteiger charge is 2.07. The fraction of sp³-hybridized carbons (Fsp3) is 0.133. The molecule has 7 heteroatoms. The van der Waals surface area contributed by atoms with Gasteiger partial charge in [-0.05, 0) is 74.2 Å². The van der Waals surface area contributed by atoms with Crippen LogP contribution in [0, 0.1) is 6.92 Å². The van der Waals surface area contributed by atoms with E-state index in [-0.39, 0.29) is 12.5 Å². The Hall–Kier alpha value is -1.73. The van der Waals surface area contributed by atoms with Gasteiger partial charge >= 0.3 is 0 Å². The van der Waals surface area contributed by atoms with E-state index in [9.17, 15) is 4.79 Å². The fourth-order valence-corrected chi connectivity index (χ4v) is 3.40. The molecule has 0 fully saturated rings. The maximum Gasteiger partial charge on any atom is 0.259 e. The Balaban J connectivity index is 1.87. The molecule has 5 nitrogen and oxygen atoms in total. The van der Waals surface area contributed by atoms with Gasteiger partial charge in [0.15, 0.2) is 0 Å². The molecule has 2 rings (SSSR count). The number of hydrazone groups is 1. The Morgan fingerprint density at radius 2 is 1.91 bits per heavy atom. The number of hydrogen-bond donors (Lipinski definition) is 2. The number of hydrogen-bond acceptors (Lipinski definition) is 4. The number of amides is 1. The van der Waals surface area contributed by atoms with Gasteiger partial charge in [-0.3, -0.25) is 9.78 Å². The maximum atomic E-state index is 11.8. The van der Waals surface area contributed by atoms with E-state index in [0.717, 1.165) is 25.8 Å². The van der Waals surface area contributed by atoms with Crippen molar-refractivity contribution in [1.29, 1.82) is 0 Å². The van der Waals surface area contributed by atoms with Crippen molar-refractivity contribution in [2.45, 2.75) is 6.92 Å². The number of nitrogens with zero attached hydrogens (tertiary/aromatic N) is 2. The Bertz CT molecular complexity index is 666. The second-order valence-electron chi connectivity index (χ2n) is 4.53. The van der Waals surface area contributed by atoms with Gasteiger partial charge in [0.05, 0.1) is 18.4 Å². The van der Waals surface area contributed by atoms with Crippen LogP contribution in [0.2, 0.25) is 0 Å². The predicted molar refractivity (Wildman–Crippen MR) is 95.0 cm³/mol. The Kier molecular flexibility index (Phi) is 6.09. The van der Waals surface area contributed by atoms with Gasteiger partial charge in [-0.25, -0.2) is 5.43 Å². The molecule has 2 aromatic rings. The molecular weight excluding hydrogens is 412 g/mol. The summed E-state index contributed by atoms with van der Waals surface area (Å²) in [6.07, 6.45) is 4.89. The highest BCUT2D eigenvalue weighted by molar-refractivity contribution is 9.11. The number of aromatic nitrogens is 1. The molecule has 0 atom stereocenters. The SMILES string of the molecule is Cc1cc(Br)c(NCC(=O)NN=Cc2ccncc2)c(Br)c1. The minimum Gasteiger partial charge on any atom is -0.374 e. The van der Waals surface area contributed by atoms with E-state index in [1.807, 2.05) is 19.1 Å². The summed E-state index contributed by atoms with van der Waals surface area (Å²) in [7, 11) is 0. The number of rotatable bonds is 5. The normalized spacial score (nSPS) is 10.7. The number of benzene rings is 1. The molecule has 22 heavy (non-hydrogen) atoms. The lowest BCUT2D eigenvalue weighted by atomic mass is 10.2. The summed E-state index contributed by atoms with van der Waals surface area (Å²) in [5.41, 5.74) is 5.29. The van der Waals surface area contributed by atoms with E-state index in [1.165, 1.54) is 0 Å². The number of anilines is 1. The number of carbonyl (C=O) groups excluding carboxylic acids is 1. The second kappa shape index (κ2) is 8.05. The zero-order chi connectivity index (χ0) is 15.9. The maximum absolute atomic E-state index is 11.8. The summed E-state index contributed by atoms with van der Waals surface area (Å²) in [6, 6.07) is 7.56. The molecule has 0 aliphatic carbocycles. The summed E-state index contributed by atoms with van der Waals surface area (Å²) >= 11 is 6.94. The summed E-state index contributed by atoms with van der Waals surface area (Å²) in [5.74, 6) is -0.232. The quantitative estimate of drug-likeness (QED) is 0.569. The number of nitrogens with one attached hydrogen (secondary N) is 2. The third kappa shape index (κ3) is 4.92. The smallest absolute Gasteiger partial charge is 0.259 e. The molecular formula is C15H14Br2N4O. The lowest BCUT2D eigenvalue weighted by Crippen LogP contribution is -2.26. The van der Waals surface area contributed by atoms with Crippen molar-refractivity contribution in [2.75, 3.05) is 11.9 Å². The first-order chi connectivity index (χ1) is 10.6.